The van der Waals surface area contributed by atoms with E-state index in [1.165, 1.54) is 16.9 Å². The number of aliphatic hydroxyl groups excluding tert-OH is 1. The van der Waals surface area contributed by atoms with Gasteiger partial charge in [-0.1, -0.05) is 36.4 Å². The Morgan fingerprint density at radius 2 is 2.00 bits per heavy atom. The summed E-state index contributed by atoms with van der Waals surface area (Å²) in [5.74, 6) is 1.77. The van der Waals surface area contributed by atoms with Crippen molar-refractivity contribution in [3.63, 3.8) is 0 Å². The van der Waals surface area contributed by atoms with Crippen LogP contribution in [0.1, 0.15) is 39.3 Å². The minimum Gasteiger partial charge on any atom is -0.392 e. The van der Waals surface area contributed by atoms with Crippen molar-refractivity contribution in [2.45, 2.75) is 38.2 Å². The molecule has 0 saturated carbocycles. The van der Waals surface area contributed by atoms with Gasteiger partial charge >= 0.3 is 0 Å². The molecule has 1 aromatic carbocycles. The quantitative estimate of drug-likeness (QED) is 0.716. The van der Waals surface area contributed by atoms with Crippen molar-refractivity contribution in [1.82, 2.24) is 24.6 Å². The monoisotopic (exact) mass is 409 g/mol. The smallest absolute Gasteiger partial charge is 0.264 e. The zero-order valence-electron chi connectivity index (χ0n) is 16.0. The molecule has 1 saturated heterocycles. The first-order valence-corrected chi connectivity index (χ1v) is 10.8. The number of aliphatic hydroxyl groups is 1. The number of nitrogens with zero attached hydrogens (tertiary/aromatic N) is 5. The maximum absolute atomic E-state index is 12.7. The molecule has 1 N–H and O–H groups in total. The van der Waals surface area contributed by atoms with Gasteiger partial charge in [-0.2, -0.15) is 0 Å². The van der Waals surface area contributed by atoms with Gasteiger partial charge in [-0.3, -0.25) is 9.69 Å². The van der Waals surface area contributed by atoms with E-state index < -0.39 is 0 Å². The Bertz CT molecular complexity index is 988. The van der Waals surface area contributed by atoms with Gasteiger partial charge in [0.05, 0.1) is 23.6 Å². The number of likely N-dealkylation sites (tertiary alicyclic amines) is 1. The van der Waals surface area contributed by atoms with Crippen LogP contribution in [0.25, 0.3) is 0 Å². The Morgan fingerprint density at radius 3 is 2.79 bits per heavy atom. The molecule has 4 heterocycles. The molecule has 2 aromatic heterocycles. The Kier molecular flexibility index (Phi) is 4.91. The third-order valence-corrected chi connectivity index (χ3v) is 6.57. The van der Waals surface area contributed by atoms with Gasteiger partial charge in [-0.05, 0) is 23.4 Å². The Hall–Kier alpha value is -2.55. The summed E-state index contributed by atoms with van der Waals surface area (Å²) in [7, 11) is 0. The fraction of sp³-hybridized carbons (Fsp3) is 0.381. The molecule has 2 aliphatic rings. The fourth-order valence-corrected chi connectivity index (χ4v) is 4.99. The Morgan fingerprint density at radius 1 is 1.14 bits per heavy atom. The molecule has 2 atom stereocenters. The fourth-order valence-electron chi connectivity index (χ4n) is 4.30. The van der Waals surface area contributed by atoms with Crippen LogP contribution in [0.3, 0.4) is 0 Å². The van der Waals surface area contributed by atoms with Gasteiger partial charge in [-0.25, -0.2) is 0 Å². The highest BCUT2D eigenvalue weighted by Gasteiger charge is 2.37. The molecule has 8 heteroatoms. The number of β-amino-alcohol motifs (C(OH)–C–C–N with tert-alkyl or cyclic N) is 1. The average molecular weight is 410 g/mol. The summed E-state index contributed by atoms with van der Waals surface area (Å²) in [6, 6.07) is 14.1. The van der Waals surface area contributed by atoms with E-state index in [0.717, 1.165) is 23.1 Å². The van der Waals surface area contributed by atoms with Crippen LogP contribution in [0.15, 0.2) is 47.8 Å². The van der Waals surface area contributed by atoms with Gasteiger partial charge in [0.1, 0.15) is 0 Å². The molecule has 1 fully saturated rings. The maximum atomic E-state index is 12.7. The van der Waals surface area contributed by atoms with E-state index >= 15 is 0 Å². The molecule has 0 aliphatic carbocycles. The van der Waals surface area contributed by atoms with Crippen LogP contribution in [0.2, 0.25) is 0 Å². The number of fused-ring (bicyclic) bond motifs is 1. The molecule has 2 aliphatic heterocycles. The van der Waals surface area contributed by atoms with Crippen molar-refractivity contribution >= 4 is 17.2 Å². The second-order valence-corrected chi connectivity index (χ2v) is 8.60. The molecular weight excluding hydrogens is 386 g/mol. The lowest BCUT2D eigenvalue weighted by Gasteiger charge is -2.29. The van der Waals surface area contributed by atoms with Crippen molar-refractivity contribution < 1.29 is 9.90 Å². The minimum atomic E-state index is -0.364. The topological polar surface area (TPSA) is 74.5 Å². The summed E-state index contributed by atoms with van der Waals surface area (Å²) in [6.45, 7) is 3.19. The Labute approximate surface area is 173 Å². The average Bonchev–Trinajstić information content (AvgIpc) is 3.47. The van der Waals surface area contributed by atoms with E-state index in [9.17, 15) is 9.90 Å². The van der Waals surface area contributed by atoms with Crippen molar-refractivity contribution in [3.8, 4) is 0 Å². The predicted octanol–water partition coefficient (Wildman–Crippen LogP) is 2.30. The van der Waals surface area contributed by atoms with Gasteiger partial charge in [0.15, 0.2) is 11.6 Å². The number of benzene rings is 1. The molecule has 0 unspecified atom stereocenters. The van der Waals surface area contributed by atoms with E-state index in [-0.39, 0.29) is 18.1 Å². The third kappa shape index (κ3) is 3.59. The molecule has 7 nitrogen and oxygen atoms in total. The van der Waals surface area contributed by atoms with Crippen LogP contribution in [-0.2, 0) is 19.6 Å². The zero-order valence-corrected chi connectivity index (χ0v) is 16.8. The largest absolute Gasteiger partial charge is 0.392 e. The predicted molar refractivity (Wildman–Crippen MR) is 109 cm³/mol. The molecule has 0 radical (unpaired) electrons. The van der Waals surface area contributed by atoms with Gasteiger partial charge in [0, 0.05) is 26.2 Å². The summed E-state index contributed by atoms with van der Waals surface area (Å²) in [5, 5.41) is 21.1. The van der Waals surface area contributed by atoms with Gasteiger partial charge in [-0.15, -0.1) is 21.5 Å². The second kappa shape index (κ2) is 7.70. The molecule has 0 bridgehead atoms. The highest BCUT2D eigenvalue weighted by molar-refractivity contribution is 7.12. The van der Waals surface area contributed by atoms with Crippen molar-refractivity contribution in [1.29, 1.82) is 0 Å². The standard InChI is InChI=1S/C21H23N5O2S/c27-16-11-17(25(13-16)12-15-5-2-1-3-6-15)20-23-22-19-14-24(8-9-26(19)20)21(28)18-7-4-10-29-18/h1-7,10,16-17,27H,8-9,11-14H2/t16-,17+/m1/s1. The molecular formula is C21H23N5O2S. The molecule has 5 rings (SSSR count). The van der Waals surface area contributed by atoms with E-state index in [4.69, 9.17) is 0 Å². The van der Waals surface area contributed by atoms with E-state index in [0.29, 0.717) is 32.6 Å². The Balaban J connectivity index is 1.35. The lowest BCUT2D eigenvalue weighted by molar-refractivity contribution is 0.0709. The number of hydrogen-bond donors (Lipinski definition) is 1. The number of carbonyl (C=O) groups is 1. The van der Waals surface area contributed by atoms with Crippen molar-refractivity contribution in [2.75, 3.05) is 13.1 Å². The van der Waals surface area contributed by atoms with Gasteiger partial charge in [0.25, 0.3) is 5.91 Å². The maximum Gasteiger partial charge on any atom is 0.264 e. The van der Waals surface area contributed by atoms with Crippen LogP contribution in [0, 0.1) is 0 Å². The third-order valence-electron chi connectivity index (χ3n) is 5.71. The lowest BCUT2D eigenvalue weighted by atomic mass is 10.1. The normalized spacial score (nSPS) is 22.0. The molecule has 150 valence electrons. The number of thiophene rings is 1. The van der Waals surface area contributed by atoms with Crippen LogP contribution in [0.4, 0.5) is 0 Å². The first-order valence-electron chi connectivity index (χ1n) is 9.90. The lowest BCUT2D eigenvalue weighted by Crippen LogP contribution is -2.39. The highest BCUT2D eigenvalue weighted by atomic mass is 32.1. The first kappa shape index (κ1) is 18.5. The van der Waals surface area contributed by atoms with Gasteiger partial charge < -0.3 is 14.6 Å². The van der Waals surface area contributed by atoms with Crippen molar-refractivity contribution in [3.05, 3.63) is 69.9 Å². The van der Waals surface area contributed by atoms with Crippen LogP contribution < -0.4 is 0 Å². The summed E-state index contributed by atoms with van der Waals surface area (Å²) >= 11 is 1.46. The number of aromatic nitrogens is 3. The second-order valence-electron chi connectivity index (χ2n) is 7.65. The summed E-state index contributed by atoms with van der Waals surface area (Å²) in [5.41, 5.74) is 1.22. The minimum absolute atomic E-state index is 0.0333. The number of hydrogen-bond acceptors (Lipinski definition) is 6. The molecule has 3 aromatic rings. The summed E-state index contributed by atoms with van der Waals surface area (Å²) in [4.78, 5) is 17.5. The SMILES string of the molecule is O=C(c1cccs1)N1CCn2c(nnc2[C@@H]2C[C@@H](O)CN2Cc2ccccc2)C1. The summed E-state index contributed by atoms with van der Waals surface area (Å²) < 4.78 is 2.14. The van der Waals surface area contributed by atoms with E-state index in [1.54, 1.807) is 0 Å². The zero-order chi connectivity index (χ0) is 19.8. The molecule has 1 amide bonds. The van der Waals surface area contributed by atoms with Crippen LogP contribution in [0.5, 0.6) is 0 Å². The van der Waals surface area contributed by atoms with Crippen LogP contribution >= 0.6 is 11.3 Å². The van der Waals surface area contributed by atoms with Crippen LogP contribution in [-0.4, -0.2) is 54.8 Å². The van der Waals surface area contributed by atoms with Crippen molar-refractivity contribution in [2.24, 2.45) is 0 Å². The number of carbonyl (C=O) groups excluding carboxylic acids is 1. The van der Waals surface area contributed by atoms with E-state index in [1.807, 2.05) is 40.6 Å². The van der Waals surface area contributed by atoms with Gasteiger partial charge in [0.2, 0.25) is 0 Å². The number of amides is 1. The molecule has 0 spiro atoms. The first-order chi connectivity index (χ1) is 14.2. The molecule has 29 heavy (non-hydrogen) atoms. The number of rotatable bonds is 4. The van der Waals surface area contributed by atoms with E-state index in [2.05, 4.69) is 31.8 Å². The summed E-state index contributed by atoms with van der Waals surface area (Å²) in [6.07, 6.45) is 0.292. The highest BCUT2D eigenvalue weighted by Crippen LogP contribution is 2.33.